The lowest BCUT2D eigenvalue weighted by Gasteiger charge is -2.22. The van der Waals surface area contributed by atoms with E-state index in [4.69, 9.17) is 4.42 Å². The van der Waals surface area contributed by atoms with Crippen LogP contribution in [0.15, 0.2) is 16.7 Å². The molecule has 1 atom stereocenters. The molecular weight excluding hydrogens is 202 g/mol. The van der Waals surface area contributed by atoms with Crippen molar-refractivity contribution in [1.29, 1.82) is 0 Å². The summed E-state index contributed by atoms with van der Waals surface area (Å²) in [6.07, 6.45) is 7.53. The van der Waals surface area contributed by atoms with Crippen molar-refractivity contribution in [1.82, 2.24) is 5.32 Å². The summed E-state index contributed by atoms with van der Waals surface area (Å²) in [7, 11) is 0. The molecule has 0 radical (unpaired) electrons. The van der Waals surface area contributed by atoms with E-state index in [0.29, 0.717) is 6.42 Å². The van der Waals surface area contributed by atoms with Gasteiger partial charge in [-0.1, -0.05) is 13.3 Å². The Hall–Kier alpha value is -1.25. The second-order valence-corrected chi connectivity index (χ2v) is 4.42. The molecule has 1 aliphatic rings. The van der Waals surface area contributed by atoms with E-state index in [-0.39, 0.29) is 11.9 Å². The second kappa shape index (κ2) is 5.19. The van der Waals surface area contributed by atoms with Gasteiger partial charge in [0.15, 0.2) is 0 Å². The molecule has 1 amide bonds. The maximum absolute atomic E-state index is 11.7. The molecule has 1 heterocycles. The Bertz CT molecular complexity index is 357. The summed E-state index contributed by atoms with van der Waals surface area (Å²) in [6.45, 7) is 2.10. The normalized spacial score (nSPS) is 19.2. The van der Waals surface area contributed by atoms with Gasteiger partial charge >= 0.3 is 0 Å². The van der Waals surface area contributed by atoms with E-state index in [1.165, 1.54) is 5.56 Å². The Morgan fingerprint density at radius 1 is 1.62 bits per heavy atom. The number of hydrogen-bond acceptors (Lipinski definition) is 2. The van der Waals surface area contributed by atoms with Gasteiger partial charge in [0.25, 0.3) is 0 Å². The molecule has 1 N–H and O–H groups in total. The molecule has 1 aromatic heterocycles. The van der Waals surface area contributed by atoms with Gasteiger partial charge in [-0.2, -0.15) is 0 Å². The van der Waals surface area contributed by atoms with Crippen LogP contribution in [0.3, 0.4) is 0 Å². The molecule has 0 saturated carbocycles. The van der Waals surface area contributed by atoms with Gasteiger partial charge in [0, 0.05) is 18.4 Å². The van der Waals surface area contributed by atoms with E-state index in [1.807, 2.05) is 6.07 Å². The molecule has 2 rings (SSSR count). The Kier molecular flexibility index (Phi) is 3.65. The van der Waals surface area contributed by atoms with Crippen molar-refractivity contribution in [2.24, 2.45) is 0 Å². The number of fused-ring (bicyclic) bond motifs is 1. The Balaban J connectivity index is 1.94. The maximum Gasteiger partial charge on any atom is 0.220 e. The highest BCUT2D eigenvalue weighted by Crippen LogP contribution is 2.30. The quantitative estimate of drug-likeness (QED) is 0.849. The minimum Gasteiger partial charge on any atom is -0.469 e. The Morgan fingerprint density at radius 2 is 2.50 bits per heavy atom. The first kappa shape index (κ1) is 11.2. The predicted molar refractivity (Wildman–Crippen MR) is 62.1 cm³/mol. The summed E-state index contributed by atoms with van der Waals surface area (Å²) in [6, 6.07) is 2.16. The van der Waals surface area contributed by atoms with Gasteiger partial charge < -0.3 is 9.73 Å². The van der Waals surface area contributed by atoms with Crippen LogP contribution in [-0.2, 0) is 11.2 Å². The van der Waals surface area contributed by atoms with Crippen LogP contribution < -0.4 is 5.32 Å². The number of hydrogen-bond donors (Lipinski definition) is 1. The summed E-state index contributed by atoms with van der Waals surface area (Å²) < 4.78 is 5.40. The molecule has 0 spiro atoms. The number of unbranched alkanes of at least 4 members (excludes halogenated alkanes) is 1. The van der Waals surface area contributed by atoms with Gasteiger partial charge in [0.1, 0.15) is 5.76 Å². The monoisotopic (exact) mass is 221 g/mol. The van der Waals surface area contributed by atoms with Gasteiger partial charge in [-0.05, 0) is 25.3 Å². The third kappa shape index (κ3) is 2.46. The molecule has 16 heavy (non-hydrogen) atoms. The highest BCUT2D eigenvalue weighted by atomic mass is 16.3. The summed E-state index contributed by atoms with van der Waals surface area (Å²) in [5.74, 6) is 1.22. The van der Waals surface area contributed by atoms with E-state index in [2.05, 4.69) is 12.2 Å². The first-order valence-electron chi connectivity index (χ1n) is 6.17. The van der Waals surface area contributed by atoms with E-state index in [9.17, 15) is 4.79 Å². The molecule has 0 saturated heterocycles. The van der Waals surface area contributed by atoms with Crippen molar-refractivity contribution in [2.45, 2.75) is 51.5 Å². The molecule has 3 nitrogen and oxygen atoms in total. The van der Waals surface area contributed by atoms with Crippen molar-refractivity contribution < 1.29 is 9.21 Å². The molecule has 0 fully saturated rings. The van der Waals surface area contributed by atoms with Crippen molar-refractivity contribution >= 4 is 5.91 Å². The zero-order chi connectivity index (χ0) is 11.4. The highest BCUT2D eigenvalue weighted by molar-refractivity contribution is 5.76. The second-order valence-electron chi connectivity index (χ2n) is 4.42. The van der Waals surface area contributed by atoms with Gasteiger partial charge in [-0.15, -0.1) is 0 Å². The molecule has 1 aromatic rings. The summed E-state index contributed by atoms with van der Waals surface area (Å²) in [5, 5.41) is 3.10. The van der Waals surface area contributed by atoms with Crippen LogP contribution in [0.25, 0.3) is 0 Å². The minimum absolute atomic E-state index is 0.168. The third-order valence-electron chi connectivity index (χ3n) is 3.14. The maximum atomic E-state index is 11.7. The van der Waals surface area contributed by atoms with Crippen LogP contribution in [0.2, 0.25) is 0 Å². The van der Waals surface area contributed by atoms with Crippen molar-refractivity contribution in [3.8, 4) is 0 Å². The van der Waals surface area contributed by atoms with Crippen LogP contribution in [0.4, 0.5) is 0 Å². The van der Waals surface area contributed by atoms with Gasteiger partial charge in [0.05, 0.1) is 12.3 Å². The average Bonchev–Trinajstić information content (AvgIpc) is 2.75. The first-order chi connectivity index (χ1) is 7.81. The topological polar surface area (TPSA) is 42.2 Å². The molecule has 88 valence electrons. The SMILES string of the molecule is CCCCC(=O)NC1CCCc2occc21. The lowest BCUT2D eigenvalue weighted by atomic mass is 9.93. The zero-order valence-corrected chi connectivity index (χ0v) is 9.79. The van der Waals surface area contributed by atoms with Gasteiger partial charge in [-0.3, -0.25) is 4.79 Å². The molecule has 1 aliphatic carbocycles. The Morgan fingerprint density at radius 3 is 3.31 bits per heavy atom. The van der Waals surface area contributed by atoms with Crippen LogP contribution in [0, 0.1) is 0 Å². The third-order valence-corrected chi connectivity index (χ3v) is 3.14. The number of carbonyl (C=O) groups is 1. The standard InChI is InChI=1S/C13H19NO2/c1-2-3-7-13(15)14-11-5-4-6-12-10(11)8-9-16-12/h8-9,11H,2-7H2,1H3,(H,14,15). The number of carbonyl (C=O) groups excluding carboxylic acids is 1. The van der Waals surface area contributed by atoms with Crippen molar-refractivity contribution in [2.75, 3.05) is 0 Å². The van der Waals surface area contributed by atoms with Crippen molar-refractivity contribution in [3.63, 3.8) is 0 Å². The number of amides is 1. The van der Waals surface area contributed by atoms with E-state index < -0.39 is 0 Å². The summed E-state index contributed by atoms with van der Waals surface area (Å²) >= 11 is 0. The fourth-order valence-corrected chi connectivity index (χ4v) is 2.24. The molecular formula is C13H19NO2. The first-order valence-corrected chi connectivity index (χ1v) is 6.17. The number of furan rings is 1. The van der Waals surface area contributed by atoms with Gasteiger partial charge in [0.2, 0.25) is 5.91 Å². The zero-order valence-electron chi connectivity index (χ0n) is 9.79. The van der Waals surface area contributed by atoms with Crippen LogP contribution in [0.5, 0.6) is 0 Å². The summed E-state index contributed by atoms with van der Waals surface area (Å²) in [4.78, 5) is 11.7. The van der Waals surface area contributed by atoms with E-state index in [1.54, 1.807) is 6.26 Å². The minimum atomic E-state index is 0.168. The lowest BCUT2D eigenvalue weighted by molar-refractivity contribution is -0.122. The Labute approximate surface area is 96.2 Å². The molecule has 0 aromatic carbocycles. The smallest absolute Gasteiger partial charge is 0.220 e. The fourth-order valence-electron chi connectivity index (χ4n) is 2.24. The van der Waals surface area contributed by atoms with Crippen LogP contribution in [0.1, 0.15) is 56.4 Å². The fraction of sp³-hybridized carbons (Fsp3) is 0.615. The molecule has 3 heteroatoms. The molecule has 0 bridgehead atoms. The van der Waals surface area contributed by atoms with Crippen LogP contribution >= 0.6 is 0 Å². The largest absolute Gasteiger partial charge is 0.469 e. The van der Waals surface area contributed by atoms with E-state index in [0.717, 1.165) is 37.9 Å². The average molecular weight is 221 g/mol. The molecule has 0 aliphatic heterocycles. The van der Waals surface area contributed by atoms with Crippen LogP contribution in [-0.4, -0.2) is 5.91 Å². The van der Waals surface area contributed by atoms with Gasteiger partial charge in [-0.25, -0.2) is 0 Å². The van der Waals surface area contributed by atoms with E-state index >= 15 is 0 Å². The highest BCUT2D eigenvalue weighted by Gasteiger charge is 2.23. The number of aryl methyl sites for hydroxylation is 1. The predicted octanol–water partition coefficient (Wildman–Crippen LogP) is 2.96. The number of rotatable bonds is 4. The lowest BCUT2D eigenvalue weighted by Crippen LogP contribution is -2.30. The molecule has 1 unspecified atom stereocenters. The number of nitrogens with one attached hydrogen (secondary N) is 1. The van der Waals surface area contributed by atoms with Crippen molar-refractivity contribution in [3.05, 3.63) is 23.7 Å². The summed E-state index contributed by atoms with van der Waals surface area (Å²) in [5.41, 5.74) is 1.18.